The lowest BCUT2D eigenvalue weighted by molar-refractivity contribution is 0.595. The Morgan fingerprint density at radius 2 is 2.36 bits per heavy atom. The summed E-state index contributed by atoms with van der Waals surface area (Å²) in [5, 5.41) is 4.51. The summed E-state index contributed by atoms with van der Waals surface area (Å²) in [6.07, 6.45) is 8.55. The predicted molar refractivity (Wildman–Crippen MR) is 48.8 cm³/mol. The molecule has 0 unspecified atom stereocenters. The molecule has 0 aromatic carbocycles. The molecule has 0 atom stereocenters. The first-order chi connectivity index (χ1) is 5.08. The van der Waals surface area contributed by atoms with E-state index in [1.807, 2.05) is 0 Å². The van der Waals surface area contributed by atoms with Crippen molar-refractivity contribution in [1.29, 1.82) is 0 Å². The molecule has 0 bridgehead atoms. The Morgan fingerprint density at radius 1 is 1.64 bits per heavy atom. The zero-order chi connectivity index (χ0) is 8.32. The number of rotatable bonds is 1. The van der Waals surface area contributed by atoms with E-state index in [4.69, 9.17) is 0 Å². The summed E-state index contributed by atoms with van der Waals surface area (Å²) in [7, 11) is -1.85. The minimum Gasteiger partial charge on any atom is -0.343 e. The highest BCUT2D eigenvalue weighted by molar-refractivity contribution is 8.04. The van der Waals surface area contributed by atoms with Gasteiger partial charge < -0.3 is 5.32 Å². The Hall–Kier alpha value is -0.900. The third-order valence-electron chi connectivity index (χ3n) is 1.02. The Labute approximate surface area is 67.3 Å². The van der Waals surface area contributed by atoms with Gasteiger partial charge in [0, 0.05) is 12.4 Å². The number of aliphatic imine (C=N–C) groups is 1. The quantitative estimate of drug-likeness (QED) is 0.591. The lowest BCUT2D eigenvalue weighted by Crippen LogP contribution is -2.10. The van der Waals surface area contributed by atoms with Crippen molar-refractivity contribution < 1.29 is 4.21 Å². The Kier molecular flexibility index (Phi) is 2.24. The molecule has 0 saturated heterocycles. The third-order valence-corrected chi connectivity index (χ3v) is 1.81. The molecule has 0 fully saturated rings. The molecular weight excluding hydrogens is 160 g/mol. The van der Waals surface area contributed by atoms with Crippen LogP contribution in [-0.4, -0.2) is 18.7 Å². The van der Waals surface area contributed by atoms with E-state index in [9.17, 15) is 4.21 Å². The van der Waals surface area contributed by atoms with Gasteiger partial charge in [0.25, 0.3) is 0 Å². The minimum absolute atomic E-state index is 0.655. The van der Waals surface area contributed by atoms with Crippen LogP contribution >= 0.6 is 0 Å². The van der Waals surface area contributed by atoms with E-state index < -0.39 is 9.93 Å². The molecule has 0 radical (unpaired) electrons. The third kappa shape index (κ3) is 3.13. The smallest absolute Gasteiger partial charge is 0.177 e. The first-order valence-corrected chi connectivity index (χ1v) is 5.63. The van der Waals surface area contributed by atoms with Crippen molar-refractivity contribution in [3.63, 3.8) is 0 Å². The zero-order valence-electron chi connectivity index (χ0n) is 6.57. The molecule has 0 aliphatic carbocycles. The van der Waals surface area contributed by atoms with E-state index in [2.05, 4.69) is 10.3 Å². The van der Waals surface area contributed by atoms with Crippen LogP contribution < -0.4 is 5.32 Å². The summed E-state index contributed by atoms with van der Waals surface area (Å²) in [5.41, 5.74) is 0. The van der Waals surface area contributed by atoms with Crippen LogP contribution in [0.3, 0.4) is 0 Å². The van der Waals surface area contributed by atoms with Gasteiger partial charge in [-0.15, -0.1) is 4.21 Å². The van der Waals surface area contributed by atoms with Crippen LogP contribution in [0, 0.1) is 0 Å². The van der Waals surface area contributed by atoms with E-state index in [1.54, 1.807) is 36.4 Å². The molecule has 0 amide bonds. The van der Waals surface area contributed by atoms with Crippen molar-refractivity contribution in [2.75, 3.05) is 12.5 Å². The molecule has 4 heteroatoms. The maximum atomic E-state index is 11.2. The summed E-state index contributed by atoms with van der Waals surface area (Å²) in [6.45, 7) is 0. The molecule has 1 N–H and O–H groups in total. The van der Waals surface area contributed by atoms with Crippen molar-refractivity contribution in [1.82, 2.24) is 5.32 Å². The van der Waals surface area contributed by atoms with Crippen molar-refractivity contribution in [2.24, 2.45) is 4.99 Å². The summed E-state index contributed by atoms with van der Waals surface area (Å²) < 4.78 is 11.2. The van der Waals surface area contributed by atoms with Crippen LogP contribution in [0.25, 0.3) is 0 Å². The average molecular weight is 171 g/mol. The molecule has 3 nitrogen and oxygen atoms in total. The lowest BCUT2D eigenvalue weighted by Gasteiger charge is -2.02. The van der Waals surface area contributed by atoms with Gasteiger partial charge in [-0.1, -0.05) is 0 Å². The monoisotopic (exact) mass is 171 g/mol. The Balaban J connectivity index is 2.77. The van der Waals surface area contributed by atoms with E-state index >= 15 is 0 Å². The largest absolute Gasteiger partial charge is 0.343 e. The molecule has 1 rings (SSSR count). The van der Waals surface area contributed by atoms with Crippen LogP contribution in [0.5, 0.6) is 0 Å². The first kappa shape index (κ1) is 8.20. The van der Waals surface area contributed by atoms with Crippen LogP contribution in [0.1, 0.15) is 0 Å². The summed E-state index contributed by atoms with van der Waals surface area (Å²) in [4.78, 5) is 3.97. The number of hydrogen-bond acceptors (Lipinski definition) is 3. The van der Waals surface area contributed by atoms with Gasteiger partial charge in [-0.3, -0.25) is 0 Å². The molecule has 60 valence electrons. The highest BCUT2D eigenvalue weighted by atomic mass is 32.2. The fraction of sp³-hybridized carbons (Fsp3) is 0.286. The normalized spacial score (nSPS) is 20.4. The van der Waals surface area contributed by atoms with E-state index in [0.29, 0.717) is 5.82 Å². The topological polar surface area (TPSA) is 41.5 Å². The summed E-state index contributed by atoms with van der Waals surface area (Å²) >= 11 is 0. The molecule has 1 heterocycles. The van der Waals surface area contributed by atoms with Gasteiger partial charge in [0.1, 0.15) is 22.4 Å². The van der Waals surface area contributed by atoms with Gasteiger partial charge in [0.05, 0.1) is 0 Å². The number of nitrogens with one attached hydrogen (secondary N) is 1. The second kappa shape index (κ2) is 3.00. The molecule has 0 aromatic heterocycles. The standard InChI is InChI=1S/C7H11N2OS/c1-11(2,10)6-7-8-4-3-5-9-7/h3-6,8H,1-2H3/q+1/b7-6+. The SMILES string of the molecule is C[S+](C)(=O)/C=C1/N=CC=CN1. The van der Waals surface area contributed by atoms with Gasteiger partial charge >= 0.3 is 0 Å². The van der Waals surface area contributed by atoms with Crippen molar-refractivity contribution in [3.8, 4) is 0 Å². The van der Waals surface area contributed by atoms with Crippen LogP contribution in [-0.2, 0) is 14.1 Å². The average Bonchev–Trinajstić information content (AvgIpc) is 1.85. The van der Waals surface area contributed by atoms with Crippen LogP contribution in [0.4, 0.5) is 0 Å². The number of nitrogens with zero attached hydrogens (tertiary/aromatic N) is 1. The summed E-state index contributed by atoms with van der Waals surface area (Å²) in [6, 6.07) is 0. The predicted octanol–water partition coefficient (Wildman–Crippen LogP) is 0.732. The zero-order valence-corrected chi connectivity index (χ0v) is 7.39. The van der Waals surface area contributed by atoms with Crippen LogP contribution in [0.2, 0.25) is 0 Å². The molecule has 0 saturated carbocycles. The van der Waals surface area contributed by atoms with Crippen molar-refractivity contribution >= 4 is 16.1 Å². The van der Waals surface area contributed by atoms with E-state index in [1.165, 1.54) is 0 Å². The first-order valence-electron chi connectivity index (χ1n) is 3.19. The van der Waals surface area contributed by atoms with Crippen LogP contribution in [0.15, 0.2) is 28.5 Å². The maximum Gasteiger partial charge on any atom is 0.177 e. The minimum atomic E-state index is -1.85. The van der Waals surface area contributed by atoms with Crippen molar-refractivity contribution in [3.05, 3.63) is 23.5 Å². The fourth-order valence-electron chi connectivity index (χ4n) is 0.670. The van der Waals surface area contributed by atoms with Gasteiger partial charge in [-0.2, -0.15) is 0 Å². The lowest BCUT2D eigenvalue weighted by atomic mass is 10.6. The second-order valence-electron chi connectivity index (χ2n) is 2.59. The highest BCUT2D eigenvalue weighted by Crippen LogP contribution is 2.03. The fourth-order valence-corrected chi connectivity index (χ4v) is 1.34. The Morgan fingerprint density at radius 3 is 2.82 bits per heavy atom. The molecule has 11 heavy (non-hydrogen) atoms. The molecule has 0 aromatic rings. The second-order valence-corrected chi connectivity index (χ2v) is 5.45. The molecule has 0 spiro atoms. The van der Waals surface area contributed by atoms with E-state index in [0.717, 1.165) is 0 Å². The van der Waals surface area contributed by atoms with E-state index in [-0.39, 0.29) is 0 Å². The Bertz CT molecular complexity index is 272. The maximum absolute atomic E-state index is 11.2. The molecular formula is C7H11N2OS+. The number of allylic oxidation sites excluding steroid dienone is 1. The van der Waals surface area contributed by atoms with Gasteiger partial charge in [0.2, 0.25) is 0 Å². The van der Waals surface area contributed by atoms with Gasteiger partial charge in [0.15, 0.2) is 11.2 Å². The highest BCUT2D eigenvalue weighted by Gasteiger charge is 2.10. The molecule has 1 aliphatic rings. The van der Waals surface area contributed by atoms with Crippen molar-refractivity contribution in [2.45, 2.75) is 0 Å². The summed E-state index contributed by atoms with van der Waals surface area (Å²) in [5.74, 6) is 0.655. The van der Waals surface area contributed by atoms with Gasteiger partial charge in [-0.05, 0) is 6.08 Å². The molecule has 1 aliphatic heterocycles. The number of hydrogen-bond donors (Lipinski definition) is 1. The van der Waals surface area contributed by atoms with Gasteiger partial charge in [-0.25, -0.2) is 4.99 Å².